The molecule has 2 rings (SSSR count). The van der Waals surface area contributed by atoms with Crippen LogP contribution in [0.4, 0.5) is 5.82 Å². The van der Waals surface area contributed by atoms with Gasteiger partial charge in [-0.1, -0.05) is 19.3 Å². The molecule has 1 N–H and O–H groups in total. The molecule has 0 saturated heterocycles. The van der Waals surface area contributed by atoms with E-state index >= 15 is 0 Å². The number of aromatic nitrogens is 2. The van der Waals surface area contributed by atoms with Gasteiger partial charge in [0.2, 0.25) is 0 Å². The lowest BCUT2D eigenvalue weighted by molar-refractivity contribution is 0.0921. The summed E-state index contributed by atoms with van der Waals surface area (Å²) >= 11 is 0. The van der Waals surface area contributed by atoms with Crippen LogP contribution in [0.25, 0.3) is 0 Å². The van der Waals surface area contributed by atoms with Crippen molar-refractivity contribution < 1.29 is 4.79 Å². The zero-order valence-electron chi connectivity index (χ0n) is 12.4. The SMILES string of the molecule is CCN(CC)c1ccc(C(=O)NC2CCCCC2)nn1. The second-order valence-corrected chi connectivity index (χ2v) is 5.26. The molecule has 1 aliphatic carbocycles. The van der Waals surface area contributed by atoms with E-state index in [1.165, 1.54) is 19.3 Å². The normalized spacial score (nSPS) is 15.9. The van der Waals surface area contributed by atoms with Gasteiger partial charge in [-0.05, 0) is 38.8 Å². The molecule has 1 heterocycles. The van der Waals surface area contributed by atoms with E-state index in [1.54, 1.807) is 6.07 Å². The van der Waals surface area contributed by atoms with Crippen molar-refractivity contribution in [1.82, 2.24) is 15.5 Å². The topological polar surface area (TPSA) is 58.1 Å². The highest BCUT2D eigenvalue weighted by atomic mass is 16.2. The summed E-state index contributed by atoms with van der Waals surface area (Å²) in [6.45, 7) is 5.93. The lowest BCUT2D eigenvalue weighted by Crippen LogP contribution is -2.36. The fourth-order valence-electron chi connectivity index (χ4n) is 2.67. The Morgan fingerprint density at radius 2 is 1.90 bits per heavy atom. The Bertz CT molecular complexity index is 422. The standard InChI is InChI=1S/C15H24N4O/c1-3-19(4-2)14-11-10-13(17-18-14)15(20)16-12-8-6-5-7-9-12/h10-12H,3-9H2,1-2H3,(H,16,20). The predicted molar refractivity (Wildman–Crippen MR) is 79.9 cm³/mol. The average molecular weight is 276 g/mol. The van der Waals surface area contributed by atoms with Gasteiger partial charge in [0.1, 0.15) is 0 Å². The molecule has 1 aromatic rings. The van der Waals surface area contributed by atoms with Gasteiger partial charge in [0.05, 0.1) is 0 Å². The Morgan fingerprint density at radius 3 is 2.45 bits per heavy atom. The van der Waals surface area contributed by atoms with E-state index in [4.69, 9.17) is 0 Å². The van der Waals surface area contributed by atoms with E-state index < -0.39 is 0 Å². The molecule has 1 amide bonds. The van der Waals surface area contributed by atoms with Gasteiger partial charge >= 0.3 is 0 Å². The van der Waals surface area contributed by atoms with E-state index in [9.17, 15) is 4.79 Å². The fraction of sp³-hybridized carbons (Fsp3) is 0.667. The van der Waals surface area contributed by atoms with Gasteiger partial charge in [-0.3, -0.25) is 4.79 Å². The number of hydrogen-bond donors (Lipinski definition) is 1. The van der Waals surface area contributed by atoms with Crippen LogP contribution in [0.2, 0.25) is 0 Å². The zero-order valence-corrected chi connectivity index (χ0v) is 12.4. The molecule has 5 heteroatoms. The van der Waals surface area contributed by atoms with Crippen LogP contribution in [0.1, 0.15) is 56.4 Å². The third-order valence-corrected chi connectivity index (χ3v) is 3.91. The van der Waals surface area contributed by atoms with Gasteiger partial charge in [-0.15, -0.1) is 10.2 Å². The smallest absolute Gasteiger partial charge is 0.272 e. The molecule has 0 bridgehead atoms. The van der Waals surface area contributed by atoms with E-state index in [0.717, 1.165) is 31.7 Å². The second kappa shape index (κ2) is 7.22. The van der Waals surface area contributed by atoms with Crippen LogP contribution in [0.3, 0.4) is 0 Å². The quantitative estimate of drug-likeness (QED) is 0.897. The lowest BCUT2D eigenvalue weighted by atomic mass is 9.95. The van der Waals surface area contributed by atoms with Crippen LogP contribution in [0.5, 0.6) is 0 Å². The molecule has 1 aromatic heterocycles. The number of rotatable bonds is 5. The van der Waals surface area contributed by atoms with Crippen molar-refractivity contribution >= 4 is 11.7 Å². The third-order valence-electron chi connectivity index (χ3n) is 3.91. The van der Waals surface area contributed by atoms with Crippen LogP contribution in [-0.2, 0) is 0 Å². The van der Waals surface area contributed by atoms with E-state index in [0.29, 0.717) is 11.7 Å². The van der Waals surface area contributed by atoms with Crippen LogP contribution < -0.4 is 10.2 Å². The summed E-state index contributed by atoms with van der Waals surface area (Å²) in [6.07, 6.45) is 5.85. The van der Waals surface area contributed by atoms with Crippen LogP contribution >= 0.6 is 0 Å². The maximum absolute atomic E-state index is 12.1. The number of hydrogen-bond acceptors (Lipinski definition) is 4. The first-order chi connectivity index (χ1) is 9.74. The van der Waals surface area contributed by atoms with Gasteiger partial charge in [0.15, 0.2) is 11.5 Å². The largest absolute Gasteiger partial charge is 0.356 e. The van der Waals surface area contributed by atoms with Crippen LogP contribution in [0.15, 0.2) is 12.1 Å². The minimum absolute atomic E-state index is 0.101. The third kappa shape index (κ3) is 3.68. The maximum atomic E-state index is 12.1. The van der Waals surface area contributed by atoms with Crippen molar-refractivity contribution in [3.8, 4) is 0 Å². The van der Waals surface area contributed by atoms with Crippen molar-refractivity contribution in [3.63, 3.8) is 0 Å². The molecule has 1 aliphatic rings. The molecule has 0 atom stereocenters. The van der Waals surface area contributed by atoms with Gasteiger partial charge in [0.25, 0.3) is 5.91 Å². The number of carbonyl (C=O) groups is 1. The summed E-state index contributed by atoms with van der Waals surface area (Å²) in [5, 5.41) is 11.3. The summed E-state index contributed by atoms with van der Waals surface area (Å²) in [6, 6.07) is 3.94. The van der Waals surface area contributed by atoms with Gasteiger partial charge in [-0.2, -0.15) is 0 Å². The highest BCUT2D eigenvalue weighted by molar-refractivity contribution is 5.92. The van der Waals surface area contributed by atoms with E-state index in [1.807, 2.05) is 6.07 Å². The number of nitrogens with one attached hydrogen (secondary N) is 1. The van der Waals surface area contributed by atoms with Crippen molar-refractivity contribution in [2.45, 2.75) is 52.0 Å². The van der Waals surface area contributed by atoms with E-state index in [-0.39, 0.29) is 5.91 Å². The summed E-state index contributed by atoms with van der Waals surface area (Å²) < 4.78 is 0. The Hall–Kier alpha value is -1.65. The molecule has 110 valence electrons. The first kappa shape index (κ1) is 14.8. The van der Waals surface area contributed by atoms with Crippen LogP contribution in [-0.4, -0.2) is 35.2 Å². The Balaban J connectivity index is 1.96. The highest BCUT2D eigenvalue weighted by Gasteiger charge is 2.17. The van der Waals surface area contributed by atoms with Gasteiger partial charge in [0, 0.05) is 19.1 Å². The summed E-state index contributed by atoms with van der Waals surface area (Å²) in [4.78, 5) is 14.2. The van der Waals surface area contributed by atoms with Crippen molar-refractivity contribution in [2.24, 2.45) is 0 Å². The van der Waals surface area contributed by atoms with Crippen LogP contribution in [0, 0.1) is 0 Å². The van der Waals surface area contributed by atoms with Crippen molar-refractivity contribution in [3.05, 3.63) is 17.8 Å². The number of carbonyl (C=O) groups excluding carboxylic acids is 1. The number of amides is 1. The van der Waals surface area contributed by atoms with Crippen molar-refractivity contribution in [1.29, 1.82) is 0 Å². The second-order valence-electron chi connectivity index (χ2n) is 5.26. The number of anilines is 1. The molecular formula is C15H24N4O. The lowest BCUT2D eigenvalue weighted by Gasteiger charge is -2.22. The molecule has 0 spiro atoms. The highest BCUT2D eigenvalue weighted by Crippen LogP contribution is 2.17. The fourth-order valence-corrected chi connectivity index (χ4v) is 2.67. The maximum Gasteiger partial charge on any atom is 0.272 e. The Labute approximate surface area is 120 Å². The number of nitrogens with zero attached hydrogens (tertiary/aromatic N) is 3. The van der Waals surface area contributed by atoms with Gasteiger partial charge in [-0.25, -0.2) is 0 Å². The minimum atomic E-state index is -0.101. The monoisotopic (exact) mass is 276 g/mol. The zero-order chi connectivity index (χ0) is 14.4. The molecule has 0 aliphatic heterocycles. The summed E-state index contributed by atoms with van der Waals surface area (Å²) in [5.41, 5.74) is 0.409. The molecule has 1 fully saturated rings. The van der Waals surface area contributed by atoms with E-state index in [2.05, 4.69) is 34.3 Å². The molecule has 5 nitrogen and oxygen atoms in total. The van der Waals surface area contributed by atoms with Gasteiger partial charge < -0.3 is 10.2 Å². The minimum Gasteiger partial charge on any atom is -0.356 e. The molecule has 20 heavy (non-hydrogen) atoms. The summed E-state index contributed by atoms with van der Waals surface area (Å²) in [5.74, 6) is 0.722. The average Bonchev–Trinajstić information content (AvgIpc) is 2.50. The predicted octanol–water partition coefficient (Wildman–Crippen LogP) is 2.39. The molecule has 0 unspecified atom stereocenters. The Kier molecular flexibility index (Phi) is 5.32. The molecular weight excluding hydrogens is 252 g/mol. The summed E-state index contributed by atoms with van der Waals surface area (Å²) in [7, 11) is 0. The molecule has 0 aromatic carbocycles. The molecule has 0 radical (unpaired) electrons. The molecule has 1 saturated carbocycles. The Morgan fingerprint density at radius 1 is 1.20 bits per heavy atom. The van der Waals surface area contributed by atoms with Crippen molar-refractivity contribution in [2.75, 3.05) is 18.0 Å². The first-order valence-electron chi connectivity index (χ1n) is 7.64. The first-order valence-corrected chi connectivity index (χ1v) is 7.64.